The van der Waals surface area contributed by atoms with Crippen molar-refractivity contribution >= 4 is 17.6 Å². The molecule has 1 aromatic carbocycles. The molecule has 0 radical (unpaired) electrons. The number of benzene rings is 1. The maximum atomic E-state index is 11.2. The molecule has 0 aliphatic carbocycles. The third kappa shape index (κ3) is 4.46. The van der Waals surface area contributed by atoms with Crippen molar-refractivity contribution in [2.45, 2.75) is 19.3 Å². The van der Waals surface area contributed by atoms with E-state index in [0.29, 0.717) is 11.4 Å². The number of carbonyl (C=O) groups is 1. The van der Waals surface area contributed by atoms with Crippen molar-refractivity contribution < 1.29 is 9.53 Å². The quantitative estimate of drug-likeness (QED) is 0.756. The highest BCUT2D eigenvalue weighted by Crippen LogP contribution is 2.14. The molecule has 1 aromatic rings. The van der Waals surface area contributed by atoms with Gasteiger partial charge in [-0.15, -0.1) is 0 Å². The Morgan fingerprint density at radius 3 is 2.65 bits per heavy atom. The van der Waals surface area contributed by atoms with Crippen LogP contribution in [0.4, 0.5) is 0 Å². The number of halogens is 1. The predicted molar refractivity (Wildman–Crippen MR) is 65.5 cm³/mol. The number of nitrogens with zero attached hydrogens (tertiary/aromatic N) is 1. The lowest BCUT2D eigenvalue weighted by molar-refractivity contribution is -0.143. The molecule has 0 spiro atoms. The summed E-state index contributed by atoms with van der Waals surface area (Å²) in [5, 5.41) is 9.50. The van der Waals surface area contributed by atoms with Gasteiger partial charge < -0.3 is 4.74 Å². The molecule has 17 heavy (non-hydrogen) atoms. The topological polar surface area (TPSA) is 50.1 Å². The number of hydrogen-bond acceptors (Lipinski definition) is 3. The predicted octanol–water partition coefficient (Wildman–Crippen LogP) is 2.98. The fourth-order valence-corrected chi connectivity index (χ4v) is 1.66. The number of nitriles is 1. The Kier molecular flexibility index (Phi) is 5.51. The first-order chi connectivity index (χ1) is 8.17. The van der Waals surface area contributed by atoms with Crippen molar-refractivity contribution in [1.29, 1.82) is 5.26 Å². The summed E-state index contributed by atoms with van der Waals surface area (Å²) in [7, 11) is 1.30. The largest absolute Gasteiger partial charge is 0.468 e. The molecule has 1 rings (SSSR count). The van der Waals surface area contributed by atoms with Gasteiger partial charge in [0.1, 0.15) is 5.92 Å². The van der Waals surface area contributed by atoms with Crippen molar-refractivity contribution in [3.8, 4) is 6.07 Å². The van der Waals surface area contributed by atoms with E-state index in [0.717, 1.165) is 18.4 Å². The van der Waals surface area contributed by atoms with Crippen molar-refractivity contribution in [1.82, 2.24) is 0 Å². The molecule has 90 valence electrons. The Balaban J connectivity index is 2.39. The van der Waals surface area contributed by atoms with Crippen molar-refractivity contribution in [3.63, 3.8) is 0 Å². The minimum absolute atomic E-state index is 0.455. The number of rotatable bonds is 5. The molecule has 0 heterocycles. The van der Waals surface area contributed by atoms with Crippen LogP contribution < -0.4 is 0 Å². The molecule has 0 saturated heterocycles. The van der Waals surface area contributed by atoms with Gasteiger partial charge in [-0.1, -0.05) is 23.7 Å². The Hall–Kier alpha value is -1.53. The second-order valence-corrected chi connectivity index (χ2v) is 4.16. The monoisotopic (exact) mass is 251 g/mol. The molecule has 0 saturated carbocycles. The van der Waals surface area contributed by atoms with E-state index in [9.17, 15) is 4.79 Å². The maximum Gasteiger partial charge on any atom is 0.323 e. The van der Waals surface area contributed by atoms with E-state index in [4.69, 9.17) is 16.9 Å². The molecular formula is C13H14ClNO2. The lowest BCUT2D eigenvalue weighted by Gasteiger charge is -2.06. The zero-order chi connectivity index (χ0) is 12.7. The van der Waals surface area contributed by atoms with Crippen LogP contribution in [0, 0.1) is 17.2 Å². The summed E-state index contributed by atoms with van der Waals surface area (Å²) >= 11 is 5.77. The van der Waals surface area contributed by atoms with Gasteiger partial charge in [0, 0.05) is 5.02 Å². The average molecular weight is 252 g/mol. The summed E-state index contributed by atoms with van der Waals surface area (Å²) in [6.45, 7) is 0. The van der Waals surface area contributed by atoms with Crippen LogP contribution in [0.2, 0.25) is 5.02 Å². The second-order valence-electron chi connectivity index (χ2n) is 3.72. The Morgan fingerprint density at radius 2 is 2.12 bits per heavy atom. The van der Waals surface area contributed by atoms with E-state index in [1.165, 1.54) is 7.11 Å². The van der Waals surface area contributed by atoms with Crippen molar-refractivity contribution in [2.75, 3.05) is 7.11 Å². The molecular weight excluding hydrogens is 238 g/mol. The smallest absolute Gasteiger partial charge is 0.323 e. The first-order valence-corrected chi connectivity index (χ1v) is 5.77. The molecule has 1 atom stereocenters. The Bertz CT molecular complexity index is 408. The number of carbonyl (C=O) groups excluding carboxylic acids is 1. The highest BCUT2D eigenvalue weighted by molar-refractivity contribution is 6.30. The van der Waals surface area contributed by atoms with Gasteiger partial charge in [-0.05, 0) is 37.0 Å². The Labute approximate surface area is 106 Å². The van der Waals surface area contributed by atoms with E-state index in [-0.39, 0.29) is 0 Å². The van der Waals surface area contributed by atoms with Crippen molar-refractivity contribution in [3.05, 3.63) is 34.9 Å². The summed E-state index contributed by atoms with van der Waals surface area (Å²) in [6, 6.07) is 9.51. The normalized spacial score (nSPS) is 11.6. The fourth-order valence-electron chi connectivity index (χ4n) is 1.54. The number of hydrogen-bond donors (Lipinski definition) is 0. The van der Waals surface area contributed by atoms with Crippen LogP contribution in [0.5, 0.6) is 0 Å². The van der Waals surface area contributed by atoms with E-state index < -0.39 is 11.9 Å². The second kappa shape index (κ2) is 6.93. The molecule has 0 aliphatic rings. The molecule has 0 aliphatic heterocycles. The van der Waals surface area contributed by atoms with Gasteiger partial charge in [-0.3, -0.25) is 4.79 Å². The Morgan fingerprint density at radius 1 is 1.47 bits per heavy atom. The molecule has 0 N–H and O–H groups in total. The van der Waals surface area contributed by atoms with Gasteiger partial charge in [0.2, 0.25) is 0 Å². The van der Waals surface area contributed by atoms with Crippen LogP contribution >= 0.6 is 11.6 Å². The van der Waals surface area contributed by atoms with Gasteiger partial charge in [-0.25, -0.2) is 0 Å². The van der Waals surface area contributed by atoms with Crippen LogP contribution in [0.15, 0.2) is 24.3 Å². The van der Waals surface area contributed by atoms with E-state index in [1.54, 1.807) is 0 Å². The minimum Gasteiger partial charge on any atom is -0.468 e. The molecule has 0 amide bonds. The third-order valence-corrected chi connectivity index (χ3v) is 2.77. The molecule has 0 bridgehead atoms. The van der Waals surface area contributed by atoms with Crippen LogP contribution in [0.3, 0.4) is 0 Å². The van der Waals surface area contributed by atoms with Gasteiger partial charge in [-0.2, -0.15) is 5.26 Å². The lowest BCUT2D eigenvalue weighted by atomic mass is 10.0. The first-order valence-electron chi connectivity index (χ1n) is 5.39. The third-order valence-electron chi connectivity index (χ3n) is 2.51. The van der Waals surface area contributed by atoms with Crippen LogP contribution in [-0.4, -0.2) is 13.1 Å². The molecule has 0 fully saturated rings. The highest BCUT2D eigenvalue weighted by atomic mass is 35.5. The molecule has 0 aromatic heterocycles. The zero-order valence-electron chi connectivity index (χ0n) is 9.65. The zero-order valence-corrected chi connectivity index (χ0v) is 10.4. The summed E-state index contributed by atoms with van der Waals surface area (Å²) < 4.78 is 4.54. The highest BCUT2D eigenvalue weighted by Gasteiger charge is 2.17. The number of ether oxygens (including phenoxy) is 1. The van der Waals surface area contributed by atoms with Gasteiger partial charge in [0.25, 0.3) is 0 Å². The van der Waals surface area contributed by atoms with Crippen molar-refractivity contribution in [2.24, 2.45) is 5.92 Å². The fraction of sp³-hybridized carbons (Fsp3) is 0.385. The van der Waals surface area contributed by atoms with Crippen LogP contribution in [-0.2, 0) is 16.0 Å². The molecule has 3 nitrogen and oxygen atoms in total. The molecule has 1 unspecified atom stereocenters. The first kappa shape index (κ1) is 13.5. The van der Waals surface area contributed by atoms with Gasteiger partial charge in [0.05, 0.1) is 13.2 Å². The standard InChI is InChI=1S/C13H14ClNO2/c1-17-13(16)11(9-15)4-2-3-10-5-7-12(14)8-6-10/h5-8,11H,2-4H2,1H3. The van der Waals surface area contributed by atoms with E-state index in [2.05, 4.69) is 4.74 Å². The maximum absolute atomic E-state index is 11.2. The SMILES string of the molecule is COC(=O)C(C#N)CCCc1ccc(Cl)cc1. The number of methoxy groups -OCH3 is 1. The van der Waals surface area contributed by atoms with E-state index in [1.807, 2.05) is 30.3 Å². The van der Waals surface area contributed by atoms with Crippen LogP contribution in [0.1, 0.15) is 18.4 Å². The summed E-state index contributed by atoms with van der Waals surface area (Å²) in [5.41, 5.74) is 1.15. The van der Waals surface area contributed by atoms with E-state index >= 15 is 0 Å². The molecule has 4 heteroatoms. The number of esters is 1. The van der Waals surface area contributed by atoms with Crippen LogP contribution in [0.25, 0.3) is 0 Å². The van der Waals surface area contributed by atoms with Gasteiger partial charge in [0.15, 0.2) is 0 Å². The van der Waals surface area contributed by atoms with Gasteiger partial charge >= 0.3 is 5.97 Å². The average Bonchev–Trinajstić information content (AvgIpc) is 2.36. The minimum atomic E-state index is -0.660. The summed E-state index contributed by atoms with van der Waals surface area (Å²) in [6.07, 6.45) is 2.12. The number of aryl methyl sites for hydroxylation is 1. The summed E-state index contributed by atoms with van der Waals surface area (Å²) in [5.74, 6) is -1.11. The summed E-state index contributed by atoms with van der Waals surface area (Å²) in [4.78, 5) is 11.2. The lowest BCUT2D eigenvalue weighted by Crippen LogP contribution is -2.14.